The minimum atomic E-state index is 0.435. The molecule has 2 unspecified atom stereocenters. The van der Waals surface area contributed by atoms with E-state index in [1.165, 1.54) is 17.5 Å². The monoisotopic (exact) mass is 256 g/mol. The van der Waals surface area contributed by atoms with E-state index in [1.807, 2.05) is 11.7 Å². The highest BCUT2D eigenvalue weighted by Gasteiger charge is 2.32. The van der Waals surface area contributed by atoms with Crippen LogP contribution in [0, 0.1) is 0 Å². The summed E-state index contributed by atoms with van der Waals surface area (Å²) in [6, 6.07) is 9.17. The highest BCUT2D eigenvalue weighted by Crippen LogP contribution is 2.37. The van der Waals surface area contributed by atoms with Crippen LogP contribution in [0.1, 0.15) is 29.8 Å². The van der Waals surface area contributed by atoms with Crippen molar-refractivity contribution < 1.29 is 0 Å². The van der Waals surface area contributed by atoms with Crippen molar-refractivity contribution in [1.82, 2.24) is 20.1 Å². The van der Waals surface area contributed by atoms with Gasteiger partial charge in [0.2, 0.25) is 0 Å². The summed E-state index contributed by atoms with van der Waals surface area (Å²) in [5.41, 5.74) is 2.98. The van der Waals surface area contributed by atoms with Gasteiger partial charge in [-0.25, -0.2) is 4.98 Å². The van der Waals surface area contributed by atoms with Crippen LogP contribution in [0.5, 0.6) is 0 Å². The third-order valence-electron chi connectivity index (χ3n) is 4.15. The van der Waals surface area contributed by atoms with Gasteiger partial charge in [-0.3, -0.25) is 4.68 Å². The quantitative estimate of drug-likeness (QED) is 0.886. The van der Waals surface area contributed by atoms with Crippen LogP contribution in [-0.2, 0) is 19.4 Å². The summed E-state index contributed by atoms with van der Waals surface area (Å²) in [6.45, 7) is 2.98. The van der Waals surface area contributed by atoms with Crippen molar-refractivity contribution in [2.45, 2.75) is 38.3 Å². The van der Waals surface area contributed by atoms with Crippen molar-refractivity contribution in [3.05, 3.63) is 47.5 Å². The van der Waals surface area contributed by atoms with Gasteiger partial charge < -0.3 is 5.32 Å². The second-order valence-electron chi connectivity index (χ2n) is 5.10. The lowest BCUT2D eigenvalue weighted by molar-refractivity contribution is 0.408. The smallest absolute Gasteiger partial charge is 0.138 e. The van der Waals surface area contributed by atoms with Gasteiger partial charge in [-0.1, -0.05) is 24.3 Å². The minimum Gasteiger partial charge on any atom is -0.316 e. The lowest BCUT2D eigenvalue weighted by Gasteiger charge is -2.36. The molecule has 0 saturated carbocycles. The Morgan fingerprint density at radius 1 is 1.42 bits per heavy atom. The average molecular weight is 256 g/mol. The van der Waals surface area contributed by atoms with Crippen molar-refractivity contribution >= 4 is 0 Å². The van der Waals surface area contributed by atoms with E-state index in [-0.39, 0.29) is 0 Å². The topological polar surface area (TPSA) is 42.7 Å². The predicted octanol–water partition coefficient (Wildman–Crippen LogP) is 1.77. The number of fused-ring (bicyclic) bond motifs is 1. The zero-order valence-electron chi connectivity index (χ0n) is 11.5. The third-order valence-corrected chi connectivity index (χ3v) is 4.15. The zero-order chi connectivity index (χ0) is 13.2. The molecule has 1 aliphatic carbocycles. The third kappa shape index (κ3) is 2.16. The Morgan fingerprint density at radius 3 is 3.00 bits per heavy atom. The number of hydrogen-bond acceptors (Lipinski definition) is 3. The van der Waals surface area contributed by atoms with Crippen LogP contribution in [0.4, 0.5) is 0 Å². The Balaban J connectivity index is 1.77. The fourth-order valence-electron chi connectivity index (χ4n) is 3.01. The number of hydrogen-bond donors (Lipinski definition) is 1. The standard InChI is InChI=1S/C15H20N4/c1-3-19-15(17-10-18-19)9-14(16-2)13-8-11-6-4-5-7-12(11)13/h4-7,10,13-14,16H,3,8-9H2,1-2H3. The van der Waals surface area contributed by atoms with Crippen LogP contribution in [0.3, 0.4) is 0 Å². The van der Waals surface area contributed by atoms with Gasteiger partial charge in [0, 0.05) is 24.9 Å². The molecule has 0 radical (unpaired) electrons. The molecule has 100 valence electrons. The second-order valence-corrected chi connectivity index (χ2v) is 5.10. The molecular weight excluding hydrogens is 236 g/mol. The Hall–Kier alpha value is -1.68. The average Bonchev–Trinajstić information content (AvgIpc) is 2.86. The molecule has 1 aromatic heterocycles. The highest BCUT2D eigenvalue weighted by atomic mass is 15.3. The summed E-state index contributed by atoms with van der Waals surface area (Å²) < 4.78 is 1.98. The maximum absolute atomic E-state index is 4.38. The Morgan fingerprint density at radius 2 is 2.26 bits per heavy atom. The molecule has 1 heterocycles. The number of nitrogens with zero attached hydrogens (tertiary/aromatic N) is 3. The summed E-state index contributed by atoms with van der Waals surface area (Å²) in [7, 11) is 2.04. The zero-order valence-corrected chi connectivity index (χ0v) is 11.5. The lowest BCUT2D eigenvalue weighted by atomic mass is 9.72. The molecule has 1 N–H and O–H groups in total. The second kappa shape index (κ2) is 5.13. The van der Waals surface area contributed by atoms with E-state index in [9.17, 15) is 0 Å². The first-order chi connectivity index (χ1) is 9.33. The molecule has 19 heavy (non-hydrogen) atoms. The van der Waals surface area contributed by atoms with Gasteiger partial charge in [0.25, 0.3) is 0 Å². The number of aromatic nitrogens is 3. The molecule has 2 aromatic rings. The van der Waals surface area contributed by atoms with Crippen LogP contribution < -0.4 is 5.32 Å². The molecule has 2 atom stereocenters. The summed E-state index contributed by atoms with van der Waals surface area (Å²) in [5.74, 6) is 1.68. The van der Waals surface area contributed by atoms with Crippen LogP contribution in [-0.4, -0.2) is 27.9 Å². The molecule has 0 bridgehead atoms. The fourth-order valence-corrected chi connectivity index (χ4v) is 3.01. The van der Waals surface area contributed by atoms with Gasteiger partial charge >= 0.3 is 0 Å². The van der Waals surface area contributed by atoms with E-state index in [4.69, 9.17) is 0 Å². The van der Waals surface area contributed by atoms with E-state index >= 15 is 0 Å². The molecule has 1 aliphatic rings. The SMILES string of the molecule is CCn1ncnc1CC(NC)C1Cc2ccccc21. The number of nitrogens with one attached hydrogen (secondary N) is 1. The van der Waals surface area contributed by atoms with E-state index in [1.54, 1.807) is 6.33 Å². The Bertz CT molecular complexity index is 561. The van der Waals surface area contributed by atoms with Crippen molar-refractivity contribution in [3.8, 4) is 0 Å². The summed E-state index contributed by atoms with van der Waals surface area (Å²) in [6.07, 6.45) is 3.76. The molecule has 4 nitrogen and oxygen atoms in total. The Labute approximate surface area is 113 Å². The van der Waals surface area contributed by atoms with Gasteiger partial charge in [0.15, 0.2) is 0 Å². The number of rotatable bonds is 5. The molecule has 0 amide bonds. The van der Waals surface area contributed by atoms with Gasteiger partial charge in [0.05, 0.1) is 0 Å². The summed E-state index contributed by atoms with van der Waals surface area (Å²) in [5, 5.41) is 7.70. The normalized spacial score (nSPS) is 18.7. The van der Waals surface area contributed by atoms with Gasteiger partial charge in [-0.2, -0.15) is 5.10 Å². The Kier molecular flexibility index (Phi) is 3.34. The minimum absolute atomic E-state index is 0.435. The van der Waals surface area contributed by atoms with Crippen LogP contribution >= 0.6 is 0 Å². The summed E-state index contributed by atoms with van der Waals surface area (Å²) in [4.78, 5) is 4.38. The van der Waals surface area contributed by atoms with Crippen LogP contribution in [0.15, 0.2) is 30.6 Å². The number of benzene rings is 1. The first kappa shape index (κ1) is 12.4. The van der Waals surface area contributed by atoms with Crippen LogP contribution in [0.25, 0.3) is 0 Å². The van der Waals surface area contributed by atoms with Crippen molar-refractivity contribution in [2.24, 2.45) is 0 Å². The lowest BCUT2D eigenvalue weighted by Crippen LogP contribution is -2.40. The largest absolute Gasteiger partial charge is 0.316 e. The van der Waals surface area contributed by atoms with E-state index in [0.717, 1.165) is 18.8 Å². The van der Waals surface area contributed by atoms with Gasteiger partial charge in [-0.05, 0) is 31.5 Å². The molecule has 1 aromatic carbocycles. The molecule has 0 saturated heterocycles. The maximum Gasteiger partial charge on any atom is 0.138 e. The highest BCUT2D eigenvalue weighted by molar-refractivity contribution is 5.41. The molecule has 3 rings (SSSR count). The van der Waals surface area contributed by atoms with Gasteiger partial charge in [0.1, 0.15) is 12.2 Å². The number of likely N-dealkylation sites (N-methyl/N-ethyl adjacent to an activating group) is 1. The molecule has 0 fully saturated rings. The van der Waals surface area contributed by atoms with Crippen LogP contribution in [0.2, 0.25) is 0 Å². The predicted molar refractivity (Wildman–Crippen MR) is 75.1 cm³/mol. The molecule has 0 aliphatic heterocycles. The van der Waals surface area contributed by atoms with Crippen molar-refractivity contribution in [3.63, 3.8) is 0 Å². The van der Waals surface area contributed by atoms with Crippen molar-refractivity contribution in [2.75, 3.05) is 7.05 Å². The summed E-state index contributed by atoms with van der Waals surface area (Å²) >= 11 is 0. The van der Waals surface area contributed by atoms with Crippen molar-refractivity contribution in [1.29, 1.82) is 0 Å². The molecule has 4 heteroatoms. The van der Waals surface area contributed by atoms with E-state index < -0.39 is 0 Å². The maximum atomic E-state index is 4.38. The first-order valence-electron chi connectivity index (χ1n) is 6.95. The van der Waals surface area contributed by atoms with E-state index in [2.05, 4.69) is 46.6 Å². The molecular formula is C15H20N4. The van der Waals surface area contributed by atoms with Gasteiger partial charge in [-0.15, -0.1) is 0 Å². The van der Waals surface area contributed by atoms with E-state index in [0.29, 0.717) is 12.0 Å². The first-order valence-corrected chi connectivity index (χ1v) is 6.95. The fraction of sp³-hybridized carbons (Fsp3) is 0.467. The molecule has 0 spiro atoms. The number of aryl methyl sites for hydroxylation is 1.